The molecule has 0 saturated carbocycles. The summed E-state index contributed by atoms with van der Waals surface area (Å²) in [6.45, 7) is 5.46. The van der Waals surface area contributed by atoms with E-state index in [1.165, 1.54) is 26.5 Å². The van der Waals surface area contributed by atoms with E-state index >= 15 is 0 Å². The van der Waals surface area contributed by atoms with Crippen LogP contribution in [0.4, 0.5) is 0 Å². The second-order valence-corrected chi connectivity index (χ2v) is 8.45. The third-order valence-electron chi connectivity index (χ3n) is 5.51. The van der Waals surface area contributed by atoms with Crippen molar-refractivity contribution in [3.05, 3.63) is 65.2 Å². The minimum absolute atomic E-state index is 0.0687. The van der Waals surface area contributed by atoms with Crippen molar-refractivity contribution < 1.29 is 14.6 Å². The lowest BCUT2D eigenvalue weighted by Gasteiger charge is -2.32. The lowest BCUT2D eigenvalue weighted by atomic mass is 9.88. The molecular weight excluding hydrogens is 382 g/mol. The summed E-state index contributed by atoms with van der Waals surface area (Å²) < 4.78 is 10.9. The van der Waals surface area contributed by atoms with E-state index in [2.05, 4.69) is 53.4 Å². The second-order valence-electron chi connectivity index (χ2n) is 7.36. The van der Waals surface area contributed by atoms with Crippen LogP contribution >= 0.6 is 11.8 Å². The van der Waals surface area contributed by atoms with Crippen molar-refractivity contribution in [3.8, 4) is 0 Å². The smallest absolute Gasteiger partial charge is 0.0701 e. The van der Waals surface area contributed by atoms with Crippen LogP contribution in [0.25, 0.3) is 5.57 Å². The first-order valence-corrected chi connectivity index (χ1v) is 11.3. The van der Waals surface area contributed by atoms with Gasteiger partial charge in [0.1, 0.15) is 0 Å². The zero-order valence-electron chi connectivity index (χ0n) is 16.8. The largest absolute Gasteiger partial charge is 0.394 e. The van der Waals surface area contributed by atoms with Crippen LogP contribution in [-0.4, -0.2) is 62.7 Å². The van der Waals surface area contributed by atoms with Crippen molar-refractivity contribution in [1.29, 1.82) is 0 Å². The Bertz CT molecular complexity index is 794. The highest BCUT2D eigenvalue weighted by Gasteiger charge is 2.25. The minimum atomic E-state index is 0.0687. The van der Waals surface area contributed by atoms with Crippen LogP contribution in [0.3, 0.4) is 0 Å². The molecule has 2 heterocycles. The van der Waals surface area contributed by atoms with E-state index in [-0.39, 0.29) is 6.61 Å². The maximum absolute atomic E-state index is 8.69. The summed E-state index contributed by atoms with van der Waals surface area (Å²) in [5, 5.41) is 8.69. The molecule has 0 amide bonds. The Labute approximate surface area is 177 Å². The number of rotatable bonds is 8. The molecule has 4 nitrogen and oxygen atoms in total. The first kappa shape index (κ1) is 20.6. The first-order valence-electron chi connectivity index (χ1n) is 10.4. The highest BCUT2D eigenvalue weighted by atomic mass is 32.2. The average molecular weight is 412 g/mol. The fourth-order valence-corrected chi connectivity index (χ4v) is 5.14. The number of fused-ring (bicyclic) bond motifs is 2. The van der Waals surface area contributed by atoms with Gasteiger partial charge in [-0.15, -0.1) is 0 Å². The highest BCUT2D eigenvalue weighted by Crippen LogP contribution is 2.47. The molecule has 0 aromatic heterocycles. The van der Waals surface area contributed by atoms with Crippen molar-refractivity contribution >= 4 is 17.3 Å². The first-order chi connectivity index (χ1) is 14.4. The van der Waals surface area contributed by atoms with E-state index in [0.717, 1.165) is 39.1 Å². The number of aliphatic hydroxyl groups excluding tert-OH is 1. The molecule has 2 aliphatic rings. The minimum Gasteiger partial charge on any atom is -0.394 e. The molecule has 2 aromatic carbocycles. The predicted molar refractivity (Wildman–Crippen MR) is 117 cm³/mol. The Morgan fingerprint density at radius 3 is 2.00 bits per heavy atom. The van der Waals surface area contributed by atoms with Crippen molar-refractivity contribution in [1.82, 2.24) is 4.90 Å². The molecule has 1 fully saturated rings. The normalized spacial score (nSPS) is 16.6. The Hall–Kier alpha value is -1.63. The molecule has 0 spiro atoms. The van der Waals surface area contributed by atoms with Crippen molar-refractivity contribution in [2.45, 2.75) is 22.6 Å². The lowest BCUT2D eigenvalue weighted by molar-refractivity contribution is 0.0260. The van der Waals surface area contributed by atoms with Crippen LogP contribution in [0.5, 0.6) is 0 Å². The van der Waals surface area contributed by atoms with Gasteiger partial charge in [0.2, 0.25) is 0 Å². The highest BCUT2D eigenvalue weighted by molar-refractivity contribution is 7.99. The summed E-state index contributed by atoms with van der Waals surface area (Å²) in [6, 6.07) is 17.6. The van der Waals surface area contributed by atoms with Gasteiger partial charge in [0.05, 0.1) is 33.0 Å². The monoisotopic (exact) mass is 411 g/mol. The van der Waals surface area contributed by atoms with Gasteiger partial charge in [-0.05, 0) is 41.7 Å². The third kappa shape index (κ3) is 5.11. The Kier molecular flexibility index (Phi) is 7.41. The standard InChI is InChI=1S/C24H29NO3S/c26-14-16-28-18-17-27-15-13-25-11-9-19(10-12-25)24-20-5-1-3-7-22(20)29-23-8-4-2-6-21(23)24/h1-8,26H,9-18H2. The summed E-state index contributed by atoms with van der Waals surface area (Å²) in [5.74, 6) is 0. The molecule has 5 heteroatoms. The number of aliphatic hydroxyl groups is 1. The number of nitrogens with zero attached hydrogens (tertiary/aromatic N) is 1. The van der Waals surface area contributed by atoms with Gasteiger partial charge in [-0.3, -0.25) is 0 Å². The molecule has 0 atom stereocenters. The molecule has 0 bridgehead atoms. The Morgan fingerprint density at radius 2 is 1.38 bits per heavy atom. The number of ether oxygens (including phenoxy) is 2. The zero-order chi connectivity index (χ0) is 19.9. The summed E-state index contributed by atoms with van der Waals surface area (Å²) in [4.78, 5) is 5.23. The van der Waals surface area contributed by atoms with Crippen molar-refractivity contribution in [2.75, 3.05) is 52.7 Å². The molecule has 0 unspecified atom stereocenters. The van der Waals surface area contributed by atoms with Crippen molar-refractivity contribution in [3.63, 3.8) is 0 Å². The molecule has 0 radical (unpaired) electrons. The summed E-state index contributed by atoms with van der Waals surface area (Å²) in [5.41, 5.74) is 5.84. The average Bonchev–Trinajstić information content (AvgIpc) is 2.77. The molecule has 2 aromatic rings. The molecule has 154 valence electrons. The molecule has 1 saturated heterocycles. The SMILES string of the molecule is OCCOCCOCCN1CCC(=C2c3ccccc3Sc3ccccc32)CC1. The van der Waals surface area contributed by atoms with Crippen LogP contribution in [0.15, 0.2) is 63.9 Å². The maximum atomic E-state index is 8.69. The van der Waals surface area contributed by atoms with Gasteiger partial charge in [0.25, 0.3) is 0 Å². The number of likely N-dealkylation sites (tertiary alicyclic amines) is 1. The van der Waals surface area contributed by atoms with E-state index in [1.807, 2.05) is 11.8 Å². The molecule has 29 heavy (non-hydrogen) atoms. The summed E-state index contributed by atoms with van der Waals surface area (Å²) >= 11 is 1.89. The van der Waals surface area contributed by atoms with Gasteiger partial charge in [-0.2, -0.15) is 0 Å². The van der Waals surface area contributed by atoms with Gasteiger partial charge in [0, 0.05) is 29.4 Å². The molecular formula is C24H29NO3S. The fraction of sp³-hybridized carbons (Fsp3) is 0.417. The topological polar surface area (TPSA) is 41.9 Å². The summed E-state index contributed by atoms with van der Waals surface area (Å²) in [7, 11) is 0. The van der Waals surface area contributed by atoms with Crippen LogP contribution in [0.2, 0.25) is 0 Å². The van der Waals surface area contributed by atoms with Crippen LogP contribution < -0.4 is 0 Å². The second kappa shape index (κ2) is 10.4. The quantitative estimate of drug-likeness (QED) is 0.566. The van der Waals surface area contributed by atoms with Crippen LogP contribution in [0.1, 0.15) is 24.0 Å². The molecule has 2 aliphatic heterocycles. The van der Waals surface area contributed by atoms with Gasteiger partial charge in [-0.25, -0.2) is 0 Å². The molecule has 1 N–H and O–H groups in total. The number of benzene rings is 2. The Balaban J connectivity index is 1.38. The molecule has 0 aliphatic carbocycles. The number of hydrogen-bond donors (Lipinski definition) is 1. The maximum Gasteiger partial charge on any atom is 0.0701 e. The van der Waals surface area contributed by atoms with Crippen molar-refractivity contribution in [2.24, 2.45) is 0 Å². The van der Waals surface area contributed by atoms with E-state index < -0.39 is 0 Å². The Morgan fingerprint density at radius 1 is 0.793 bits per heavy atom. The van der Waals surface area contributed by atoms with Gasteiger partial charge in [-0.1, -0.05) is 53.7 Å². The molecule has 4 rings (SSSR count). The third-order valence-corrected chi connectivity index (χ3v) is 6.66. The van der Waals surface area contributed by atoms with Crippen LogP contribution in [0, 0.1) is 0 Å². The fourth-order valence-electron chi connectivity index (χ4n) is 4.05. The number of hydrogen-bond acceptors (Lipinski definition) is 5. The van der Waals surface area contributed by atoms with E-state index in [4.69, 9.17) is 14.6 Å². The van der Waals surface area contributed by atoms with Crippen LogP contribution in [-0.2, 0) is 9.47 Å². The predicted octanol–water partition coefficient (Wildman–Crippen LogP) is 4.07. The van der Waals surface area contributed by atoms with Gasteiger partial charge >= 0.3 is 0 Å². The zero-order valence-corrected chi connectivity index (χ0v) is 17.6. The van der Waals surface area contributed by atoms with Gasteiger partial charge in [0.15, 0.2) is 0 Å². The van der Waals surface area contributed by atoms with Gasteiger partial charge < -0.3 is 19.5 Å². The summed E-state index contributed by atoms with van der Waals surface area (Å²) in [6.07, 6.45) is 2.23. The van der Waals surface area contributed by atoms with E-state index in [9.17, 15) is 0 Å². The van der Waals surface area contributed by atoms with E-state index in [1.54, 1.807) is 5.57 Å². The van der Waals surface area contributed by atoms with E-state index in [0.29, 0.717) is 19.8 Å². The lowest BCUT2D eigenvalue weighted by Crippen LogP contribution is -2.34. The number of piperidine rings is 1.